The number of fused-ring (bicyclic) bond motifs is 4. The van der Waals surface area contributed by atoms with Gasteiger partial charge < -0.3 is 5.11 Å². The first-order valence-electron chi connectivity index (χ1n) is 4.61. The fourth-order valence-corrected chi connectivity index (χ4v) is 2.41. The molecular formula is C10H16O. The Hall–Kier alpha value is -0.300. The molecule has 0 saturated heterocycles. The number of aliphatic hydroxyl groups is 1. The van der Waals surface area contributed by atoms with E-state index in [2.05, 4.69) is 6.58 Å². The van der Waals surface area contributed by atoms with Crippen LogP contribution in [0.5, 0.6) is 0 Å². The third-order valence-corrected chi connectivity index (χ3v) is 3.44. The summed E-state index contributed by atoms with van der Waals surface area (Å²) in [6.07, 6.45) is 6.69. The first-order chi connectivity index (χ1) is 5.21. The van der Waals surface area contributed by atoms with Gasteiger partial charge >= 0.3 is 0 Å². The summed E-state index contributed by atoms with van der Waals surface area (Å²) in [6, 6.07) is 0. The van der Waals surface area contributed by atoms with Crippen LogP contribution in [-0.2, 0) is 0 Å². The van der Waals surface area contributed by atoms with Crippen molar-refractivity contribution in [2.75, 3.05) is 0 Å². The average Bonchev–Trinajstić information content (AvgIpc) is 2.22. The second kappa shape index (κ2) is 2.34. The van der Waals surface area contributed by atoms with Gasteiger partial charge in [-0.15, -0.1) is 0 Å². The minimum Gasteiger partial charge on any atom is -0.386 e. The zero-order valence-corrected chi connectivity index (χ0v) is 6.97. The van der Waals surface area contributed by atoms with Gasteiger partial charge in [0.15, 0.2) is 0 Å². The molecule has 3 saturated carbocycles. The Morgan fingerprint density at radius 2 is 1.91 bits per heavy atom. The second-order valence-electron chi connectivity index (χ2n) is 4.12. The maximum Gasteiger partial charge on any atom is 0.0854 e. The van der Waals surface area contributed by atoms with Gasteiger partial charge in [-0.1, -0.05) is 6.58 Å². The lowest BCUT2D eigenvalue weighted by Crippen LogP contribution is -2.32. The van der Waals surface area contributed by atoms with Crippen LogP contribution in [0.1, 0.15) is 38.5 Å². The van der Waals surface area contributed by atoms with Crippen molar-refractivity contribution in [3.05, 3.63) is 12.2 Å². The Morgan fingerprint density at radius 3 is 2.55 bits per heavy atom. The molecule has 0 atom stereocenters. The predicted octanol–water partition coefficient (Wildman–Crippen LogP) is 2.26. The highest BCUT2D eigenvalue weighted by molar-refractivity contribution is 5.16. The van der Waals surface area contributed by atoms with Crippen molar-refractivity contribution in [1.82, 2.24) is 0 Å². The van der Waals surface area contributed by atoms with Crippen molar-refractivity contribution in [2.45, 2.75) is 44.1 Å². The van der Waals surface area contributed by atoms with Crippen molar-refractivity contribution >= 4 is 0 Å². The van der Waals surface area contributed by atoms with Gasteiger partial charge in [0.1, 0.15) is 0 Å². The van der Waals surface area contributed by atoms with E-state index in [0.29, 0.717) is 0 Å². The van der Waals surface area contributed by atoms with E-state index in [-0.39, 0.29) is 0 Å². The smallest absolute Gasteiger partial charge is 0.0854 e. The first-order valence-corrected chi connectivity index (χ1v) is 4.61. The van der Waals surface area contributed by atoms with Crippen molar-refractivity contribution < 1.29 is 5.11 Å². The minimum atomic E-state index is -0.465. The van der Waals surface area contributed by atoms with E-state index >= 15 is 0 Å². The van der Waals surface area contributed by atoms with Gasteiger partial charge in [0, 0.05) is 0 Å². The van der Waals surface area contributed by atoms with Crippen LogP contribution in [0.4, 0.5) is 0 Å². The van der Waals surface area contributed by atoms with Crippen LogP contribution in [-0.4, -0.2) is 10.7 Å². The molecular weight excluding hydrogens is 136 g/mol. The third kappa shape index (κ3) is 1.12. The molecule has 3 aliphatic carbocycles. The van der Waals surface area contributed by atoms with Gasteiger partial charge in [-0.2, -0.15) is 0 Å². The summed E-state index contributed by atoms with van der Waals surface area (Å²) in [6.45, 7) is 3.97. The molecule has 1 nitrogen and oxygen atoms in total. The molecule has 3 aliphatic rings. The van der Waals surface area contributed by atoms with E-state index in [1.165, 1.54) is 19.3 Å². The lowest BCUT2D eigenvalue weighted by atomic mass is 9.79. The molecule has 0 unspecified atom stereocenters. The topological polar surface area (TPSA) is 20.2 Å². The van der Waals surface area contributed by atoms with Gasteiger partial charge in [0.2, 0.25) is 0 Å². The van der Waals surface area contributed by atoms with Gasteiger partial charge in [0.25, 0.3) is 0 Å². The van der Waals surface area contributed by atoms with E-state index in [4.69, 9.17) is 0 Å². The quantitative estimate of drug-likeness (QED) is 0.528. The standard InChI is InChI=1S/C10H16O/c1-8-2-3-9-4-6-10(8,11)7-5-9/h9,11H,1-7H2. The molecule has 1 heteroatoms. The van der Waals surface area contributed by atoms with Crippen LogP contribution < -0.4 is 0 Å². The van der Waals surface area contributed by atoms with Crippen LogP contribution in [0.25, 0.3) is 0 Å². The lowest BCUT2D eigenvalue weighted by molar-refractivity contribution is 0.0348. The van der Waals surface area contributed by atoms with Gasteiger partial charge in [-0.05, 0) is 50.0 Å². The molecule has 0 aliphatic heterocycles. The largest absolute Gasteiger partial charge is 0.386 e. The van der Waals surface area contributed by atoms with Crippen LogP contribution in [0.2, 0.25) is 0 Å². The summed E-state index contributed by atoms with van der Waals surface area (Å²) in [7, 11) is 0. The Balaban J connectivity index is 2.24. The zero-order valence-electron chi connectivity index (χ0n) is 6.97. The summed E-state index contributed by atoms with van der Waals surface area (Å²) >= 11 is 0. The highest BCUT2D eigenvalue weighted by atomic mass is 16.3. The van der Waals surface area contributed by atoms with E-state index in [1.807, 2.05) is 0 Å². The molecule has 0 aromatic heterocycles. The molecule has 3 fully saturated rings. The summed E-state index contributed by atoms with van der Waals surface area (Å²) in [5.74, 6) is 0.884. The van der Waals surface area contributed by atoms with Crippen molar-refractivity contribution in [2.24, 2.45) is 5.92 Å². The Labute approximate surface area is 68.1 Å². The average molecular weight is 152 g/mol. The monoisotopic (exact) mass is 152 g/mol. The van der Waals surface area contributed by atoms with Crippen molar-refractivity contribution in [3.63, 3.8) is 0 Å². The Morgan fingerprint density at radius 1 is 1.27 bits per heavy atom. The molecule has 3 rings (SSSR count). The summed E-state index contributed by atoms with van der Waals surface area (Å²) in [5.41, 5.74) is 0.630. The van der Waals surface area contributed by atoms with Crippen LogP contribution in [0.3, 0.4) is 0 Å². The van der Waals surface area contributed by atoms with E-state index in [1.54, 1.807) is 0 Å². The fourth-order valence-electron chi connectivity index (χ4n) is 2.41. The molecule has 2 bridgehead atoms. The summed E-state index contributed by atoms with van der Waals surface area (Å²) < 4.78 is 0. The molecule has 62 valence electrons. The highest BCUT2D eigenvalue weighted by Gasteiger charge is 2.38. The van der Waals surface area contributed by atoms with E-state index in [9.17, 15) is 5.11 Å². The molecule has 0 radical (unpaired) electrons. The first kappa shape index (κ1) is 7.35. The van der Waals surface area contributed by atoms with Gasteiger partial charge in [-0.3, -0.25) is 0 Å². The van der Waals surface area contributed by atoms with E-state index in [0.717, 1.165) is 30.8 Å². The summed E-state index contributed by atoms with van der Waals surface area (Å²) in [4.78, 5) is 0. The Bertz CT molecular complexity index is 175. The van der Waals surface area contributed by atoms with Crippen LogP contribution in [0, 0.1) is 5.92 Å². The molecule has 0 heterocycles. The molecule has 0 aromatic rings. The number of hydrogen-bond acceptors (Lipinski definition) is 1. The number of hydrogen-bond donors (Lipinski definition) is 1. The molecule has 0 aromatic carbocycles. The molecule has 1 N–H and O–H groups in total. The van der Waals surface area contributed by atoms with Crippen molar-refractivity contribution in [3.8, 4) is 0 Å². The van der Waals surface area contributed by atoms with Gasteiger partial charge in [-0.25, -0.2) is 0 Å². The highest BCUT2D eigenvalue weighted by Crippen LogP contribution is 2.43. The Kier molecular flexibility index (Phi) is 1.57. The van der Waals surface area contributed by atoms with Crippen LogP contribution in [0.15, 0.2) is 12.2 Å². The second-order valence-corrected chi connectivity index (χ2v) is 4.12. The SMILES string of the molecule is C=C1CCC2CCC1(O)CC2. The molecule has 0 amide bonds. The van der Waals surface area contributed by atoms with Gasteiger partial charge in [0.05, 0.1) is 5.60 Å². The number of rotatable bonds is 0. The predicted molar refractivity (Wildman–Crippen MR) is 45.3 cm³/mol. The minimum absolute atomic E-state index is 0.465. The lowest BCUT2D eigenvalue weighted by Gasteiger charge is -2.32. The van der Waals surface area contributed by atoms with Crippen LogP contribution >= 0.6 is 0 Å². The molecule has 0 spiro atoms. The third-order valence-electron chi connectivity index (χ3n) is 3.44. The maximum atomic E-state index is 10.1. The zero-order chi connectivity index (χ0) is 7.90. The summed E-state index contributed by atoms with van der Waals surface area (Å²) in [5, 5.41) is 10.1. The maximum absolute atomic E-state index is 10.1. The van der Waals surface area contributed by atoms with E-state index < -0.39 is 5.60 Å². The normalized spacial score (nSPS) is 44.1. The molecule has 11 heavy (non-hydrogen) atoms. The van der Waals surface area contributed by atoms with Crippen molar-refractivity contribution in [1.29, 1.82) is 0 Å². The fraction of sp³-hybridized carbons (Fsp3) is 0.800.